The predicted molar refractivity (Wildman–Crippen MR) is 80.7 cm³/mol. The Balaban J connectivity index is 2.02. The SMILES string of the molecule is CC[C@H](CC#N)NC(=O)Cc1nc(-c2ccco2)c(C)s1. The predicted octanol–water partition coefficient (Wildman–Crippen LogP) is 3.06. The maximum atomic E-state index is 12.0. The Kier molecular flexibility index (Phi) is 5.12. The number of hydrogen-bond acceptors (Lipinski definition) is 5. The third-order valence-electron chi connectivity index (χ3n) is 3.10. The molecule has 2 rings (SSSR count). The smallest absolute Gasteiger partial charge is 0.227 e. The molecule has 6 heteroatoms. The number of carbonyl (C=O) groups excluding carboxylic acids is 1. The Morgan fingerprint density at radius 1 is 1.62 bits per heavy atom. The van der Waals surface area contributed by atoms with Gasteiger partial charge in [0, 0.05) is 10.9 Å². The highest BCUT2D eigenvalue weighted by atomic mass is 32.1. The summed E-state index contributed by atoms with van der Waals surface area (Å²) in [5, 5.41) is 12.3. The average molecular weight is 303 g/mol. The number of nitrogens with zero attached hydrogens (tertiary/aromatic N) is 2. The van der Waals surface area contributed by atoms with Crippen molar-refractivity contribution in [3.63, 3.8) is 0 Å². The summed E-state index contributed by atoms with van der Waals surface area (Å²) in [6.45, 7) is 3.91. The molecule has 1 atom stereocenters. The van der Waals surface area contributed by atoms with E-state index >= 15 is 0 Å². The average Bonchev–Trinajstić information content (AvgIpc) is 3.07. The van der Waals surface area contributed by atoms with Crippen LogP contribution in [-0.4, -0.2) is 16.9 Å². The van der Waals surface area contributed by atoms with E-state index < -0.39 is 0 Å². The second-order valence-electron chi connectivity index (χ2n) is 4.70. The topological polar surface area (TPSA) is 78.9 Å². The van der Waals surface area contributed by atoms with Gasteiger partial charge in [-0.25, -0.2) is 4.98 Å². The first-order valence-electron chi connectivity index (χ1n) is 6.80. The third-order valence-corrected chi connectivity index (χ3v) is 4.07. The minimum Gasteiger partial charge on any atom is -0.463 e. The summed E-state index contributed by atoms with van der Waals surface area (Å²) in [7, 11) is 0. The van der Waals surface area contributed by atoms with Crippen molar-refractivity contribution in [2.24, 2.45) is 0 Å². The van der Waals surface area contributed by atoms with E-state index in [0.29, 0.717) is 12.2 Å². The van der Waals surface area contributed by atoms with Gasteiger partial charge in [-0.05, 0) is 25.5 Å². The van der Waals surface area contributed by atoms with Crippen molar-refractivity contribution in [1.29, 1.82) is 5.26 Å². The van der Waals surface area contributed by atoms with Gasteiger partial charge in [-0.3, -0.25) is 4.79 Å². The van der Waals surface area contributed by atoms with Crippen LogP contribution in [0.15, 0.2) is 22.8 Å². The highest BCUT2D eigenvalue weighted by Crippen LogP contribution is 2.27. The number of aromatic nitrogens is 1. The minimum atomic E-state index is -0.100. The van der Waals surface area contributed by atoms with E-state index in [-0.39, 0.29) is 18.4 Å². The van der Waals surface area contributed by atoms with Gasteiger partial charge in [0.2, 0.25) is 5.91 Å². The van der Waals surface area contributed by atoms with Crippen molar-refractivity contribution < 1.29 is 9.21 Å². The van der Waals surface area contributed by atoms with Gasteiger partial charge < -0.3 is 9.73 Å². The van der Waals surface area contributed by atoms with Crippen molar-refractivity contribution >= 4 is 17.2 Å². The maximum absolute atomic E-state index is 12.0. The van der Waals surface area contributed by atoms with E-state index in [1.807, 2.05) is 26.0 Å². The van der Waals surface area contributed by atoms with Crippen LogP contribution >= 0.6 is 11.3 Å². The van der Waals surface area contributed by atoms with Crippen LogP contribution in [0.2, 0.25) is 0 Å². The van der Waals surface area contributed by atoms with Crippen molar-refractivity contribution in [3.8, 4) is 17.5 Å². The summed E-state index contributed by atoms with van der Waals surface area (Å²) >= 11 is 1.49. The lowest BCUT2D eigenvalue weighted by Crippen LogP contribution is -2.35. The highest BCUT2D eigenvalue weighted by molar-refractivity contribution is 7.12. The summed E-state index contributed by atoms with van der Waals surface area (Å²) < 4.78 is 5.34. The summed E-state index contributed by atoms with van der Waals surface area (Å²) in [5.41, 5.74) is 0.789. The zero-order valence-corrected chi connectivity index (χ0v) is 12.9. The van der Waals surface area contributed by atoms with Gasteiger partial charge in [-0.15, -0.1) is 11.3 Å². The number of nitrogens with one attached hydrogen (secondary N) is 1. The lowest BCUT2D eigenvalue weighted by molar-refractivity contribution is -0.121. The van der Waals surface area contributed by atoms with Crippen LogP contribution in [0.1, 0.15) is 29.7 Å². The van der Waals surface area contributed by atoms with Gasteiger partial charge in [-0.1, -0.05) is 6.92 Å². The molecule has 0 saturated heterocycles. The molecule has 5 nitrogen and oxygen atoms in total. The molecule has 0 aliphatic rings. The molecular formula is C15H17N3O2S. The zero-order valence-electron chi connectivity index (χ0n) is 12.0. The van der Waals surface area contributed by atoms with Crippen molar-refractivity contribution in [2.45, 2.75) is 39.2 Å². The van der Waals surface area contributed by atoms with Crippen LogP contribution in [0.3, 0.4) is 0 Å². The van der Waals surface area contributed by atoms with Gasteiger partial charge in [0.25, 0.3) is 0 Å². The normalized spacial score (nSPS) is 11.9. The van der Waals surface area contributed by atoms with Crippen LogP contribution in [0.5, 0.6) is 0 Å². The summed E-state index contributed by atoms with van der Waals surface area (Å²) in [6.07, 6.45) is 2.91. The quantitative estimate of drug-likeness (QED) is 0.889. The lowest BCUT2D eigenvalue weighted by atomic mass is 10.1. The fraction of sp³-hybridized carbons (Fsp3) is 0.400. The second kappa shape index (κ2) is 7.04. The van der Waals surface area contributed by atoms with E-state index in [1.54, 1.807) is 6.26 Å². The Labute approximate surface area is 127 Å². The number of amides is 1. The number of hydrogen-bond donors (Lipinski definition) is 1. The summed E-state index contributed by atoms with van der Waals surface area (Å²) in [4.78, 5) is 17.5. The molecule has 0 spiro atoms. The van der Waals surface area contributed by atoms with Crippen LogP contribution < -0.4 is 5.32 Å². The molecule has 0 saturated carbocycles. The minimum absolute atomic E-state index is 0.0897. The Bertz CT molecular complexity index is 640. The Morgan fingerprint density at radius 2 is 2.43 bits per heavy atom. The lowest BCUT2D eigenvalue weighted by Gasteiger charge is -2.12. The Morgan fingerprint density at radius 3 is 3.05 bits per heavy atom. The van der Waals surface area contributed by atoms with Crippen LogP contribution in [-0.2, 0) is 11.2 Å². The molecule has 0 fully saturated rings. The number of thiazole rings is 1. The number of aryl methyl sites for hydroxylation is 1. The molecule has 0 aromatic carbocycles. The largest absolute Gasteiger partial charge is 0.463 e. The molecule has 0 unspecified atom stereocenters. The van der Waals surface area contributed by atoms with E-state index in [1.165, 1.54) is 11.3 Å². The van der Waals surface area contributed by atoms with E-state index in [2.05, 4.69) is 16.4 Å². The van der Waals surface area contributed by atoms with Gasteiger partial charge in [-0.2, -0.15) is 5.26 Å². The number of rotatable bonds is 6. The highest BCUT2D eigenvalue weighted by Gasteiger charge is 2.16. The molecule has 2 heterocycles. The monoisotopic (exact) mass is 303 g/mol. The first-order valence-corrected chi connectivity index (χ1v) is 7.62. The van der Waals surface area contributed by atoms with E-state index in [4.69, 9.17) is 9.68 Å². The third kappa shape index (κ3) is 3.92. The molecule has 2 aromatic rings. The number of furan rings is 1. The fourth-order valence-corrected chi connectivity index (χ4v) is 2.93. The maximum Gasteiger partial charge on any atom is 0.227 e. The van der Waals surface area contributed by atoms with Gasteiger partial charge >= 0.3 is 0 Å². The number of carbonyl (C=O) groups is 1. The molecule has 21 heavy (non-hydrogen) atoms. The molecule has 1 amide bonds. The first kappa shape index (κ1) is 15.3. The van der Waals surface area contributed by atoms with Crippen LogP contribution in [0.4, 0.5) is 0 Å². The fourth-order valence-electron chi connectivity index (χ4n) is 1.99. The summed E-state index contributed by atoms with van der Waals surface area (Å²) in [5.74, 6) is 0.614. The van der Waals surface area contributed by atoms with Crippen LogP contribution in [0, 0.1) is 18.3 Å². The molecule has 0 radical (unpaired) electrons. The molecule has 0 bridgehead atoms. The van der Waals surface area contributed by atoms with E-state index in [0.717, 1.165) is 22.0 Å². The standard InChI is InChI=1S/C15H17N3O2S/c1-3-11(6-7-16)17-13(19)9-14-18-15(10(2)21-14)12-5-4-8-20-12/h4-5,8,11H,3,6,9H2,1-2H3,(H,17,19)/t11-/m1/s1. The second-order valence-corrected chi connectivity index (χ2v) is 5.99. The summed E-state index contributed by atoms with van der Waals surface area (Å²) in [6, 6.07) is 5.66. The van der Waals surface area contributed by atoms with E-state index in [9.17, 15) is 4.79 Å². The van der Waals surface area contributed by atoms with Crippen molar-refractivity contribution in [2.75, 3.05) is 0 Å². The molecule has 0 aliphatic heterocycles. The van der Waals surface area contributed by atoms with Gasteiger partial charge in [0.1, 0.15) is 10.7 Å². The Hall–Kier alpha value is -2.13. The first-order chi connectivity index (χ1) is 10.1. The van der Waals surface area contributed by atoms with Gasteiger partial charge in [0.05, 0.1) is 25.2 Å². The molecule has 2 aromatic heterocycles. The number of nitriles is 1. The molecule has 1 N–H and O–H groups in total. The molecule has 0 aliphatic carbocycles. The molecule has 110 valence electrons. The molecular weight excluding hydrogens is 286 g/mol. The zero-order chi connectivity index (χ0) is 15.2. The van der Waals surface area contributed by atoms with Crippen molar-refractivity contribution in [1.82, 2.24) is 10.3 Å². The van der Waals surface area contributed by atoms with Crippen LogP contribution in [0.25, 0.3) is 11.5 Å². The van der Waals surface area contributed by atoms with Crippen molar-refractivity contribution in [3.05, 3.63) is 28.3 Å². The van der Waals surface area contributed by atoms with Gasteiger partial charge in [0.15, 0.2) is 5.76 Å².